The van der Waals surface area contributed by atoms with E-state index in [1.165, 1.54) is 28.3 Å². The first-order valence-corrected chi connectivity index (χ1v) is 9.66. The summed E-state index contributed by atoms with van der Waals surface area (Å²) < 4.78 is 13.0. The SMILES string of the molecule is CCN(CC(=O)Nc1nc(-c2ccc(F)cc2)cs1)Cc1cccs1. The number of nitrogens with zero attached hydrogens (tertiary/aromatic N) is 2. The van der Waals surface area contributed by atoms with E-state index in [4.69, 9.17) is 0 Å². The summed E-state index contributed by atoms with van der Waals surface area (Å²) in [6.07, 6.45) is 0. The Labute approximate surface area is 154 Å². The Kier molecular flexibility index (Phi) is 5.91. The normalized spacial score (nSPS) is 11.0. The Morgan fingerprint density at radius 2 is 2.04 bits per heavy atom. The summed E-state index contributed by atoms with van der Waals surface area (Å²) in [5.41, 5.74) is 1.55. The summed E-state index contributed by atoms with van der Waals surface area (Å²) in [7, 11) is 0. The lowest BCUT2D eigenvalue weighted by molar-refractivity contribution is -0.117. The third kappa shape index (κ3) is 4.94. The molecule has 0 saturated carbocycles. The molecule has 0 aliphatic rings. The van der Waals surface area contributed by atoms with Crippen molar-refractivity contribution in [2.75, 3.05) is 18.4 Å². The molecular formula is C18H18FN3OS2. The number of anilines is 1. The Hall–Kier alpha value is -2.09. The molecule has 1 aromatic carbocycles. The Balaban J connectivity index is 1.58. The molecular weight excluding hydrogens is 357 g/mol. The van der Waals surface area contributed by atoms with E-state index in [1.807, 2.05) is 23.8 Å². The fraction of sp³-hybridized carbons (Fsp3) is 0.222. The van der Waals surface area contributed by atoms with Gasteiger partial charge >= 0.3 is 0 Å². The molecule has 0 spiro atoms. The fourth-order valence-electron chi connectivity index (χ4n) is 2.35. The number of hydrogen-bond acceptors (Lipinski definition) is 5. The van der Waals surface area contributed by atoms with Gasteiger partial charge in [-0.2, -0.15) is 0 Å². The van der Waals surface area contributed by atoms with Gasteiger partial charge in [-0.25, -0.2) is 9.37 Å². The largest absolute Gasteiger partial charge is 0.301 e. The van der Waals surface area contributed by atoms with Crippen LogP contribution in [0.2, 0.25) is 0 Å². The number of aromatic nitrogens is 1. The van der Waals surface area contributed by atoms with Gasteiger partial charge in [0.05, 0.1) is 12.2 Å². The van der Waals surface area contributed by atoms with Crippen molar-refractivity contribution in [3.63, 3.8) is 0 Å². The van der Waals surface area contributed by atoms with Crippen molar-refractivity contribution in [2.24, 2.45) is 0 Å². The second kappa shape index (κ2) is 8.33. The first-order chi connectivity index (χ1) is 12.1. The highest BCUT2D eigenvalue weighted by Crippen LogP contribution is 2.25. The molecule has 0 aliphatic heterocycles. The summed E-state index contributed by atoms with van der Waals surface area (Å²) in [6, 6.07) is 10.2. The average molecular weight is 375 g/mol. The summed E-state index contributed by atoms with van der Waals surface area (Å²) >= 11 is 3.05. The van der Waals surface area contributed by atoms with Crippen molar-refractivity contribution in [1.29, 1.82) is 0 Å². The summed E-state index contributed by atoms with van der Waals surface area (Å²) in [6.45, 7) is 3.92. The molecule has 0 aliphatic carbocycles. The van der Waals surface area contributed by atoms with Crippen molar-refractivity contribution in [3.05, 3.63) is 57.9 Å². The maximum Gasteiger partial charge on any atom is 0.240 e. The zero-order valence-corrected chi connectivity index (χ0v) is 15.4. The van der Waals surface area contributed by atoms with Crippen LogP contribution in [-0.2, 0) is 11.3 Å². The molecule has 1 N–H and O–H groups in total. The van der Waals surface area contributed by atoms with Gasteiger partial charge in [-0.1, -0.05) is 13.0 Å². The number of amides is 1. The van der Waals surface area contributed by atoms with Gasteiger partial charge in [0, 0.05) is 22.4 Å². The quantitative estimate of drug-likeness (QED) is 0.663. The second-order valence-corrected chi connectivity index (χ2v) is 7.37. The van der Waals surface area contributed by atoms with Crippen molar-refractivity contribution in [3.8, 4) is 11.3 Å². The highest BCUT2D eigenvalue weighted by Gasteiger charge is 2.12. The minimum atomic E-state index is -0.280. The van der Waals surface area contributed by atoms with Crippen molar-refractivity contribution in [2.45, 2.75) is 13.5 Å². The summed E-state index contributed by atoms with van der Waals surface area (Å²) in [5.74, 6) is -0.365. The molecule has 7 heteroatoms. The molecule has 3 aromatic rings. The lowest BCUT2D eigenvalue weighted by Gasteiger charge is -2.18. The van der Waals surface area contributed by atoms with Crippen LogP contribution < -0.4 is 5.32 Å². The number of thiazole rings is 1. The summed E-state index contributed by atoms with van der Waals surface area (Å²) in [4.78, 5) is 20.0. The molecule has 0 atom stereocenters. The van der Waals surface area contributed by atoms with E-state index in [0.717, 1.165) is 24.3 Å². The van der Waals surface area contributed by atoms with Crippen LogP contribution in [0, 0.1) is 5.82 Å². The van der Waals surface area contributed by atoms with E-state index in [9.17, 15) is 9.18 Å². The van der Waals surface area contributed by atoms with E-state index in [0.29, 0.717) is 11.7 Å². The smallest absolute Gasteiger partial charge is 0.240 e. The van der Waals surface area contributed by atoms with E-state index in [-0.39, 0.29) is 11.7 Å². The van der Waals surface area contributed by atoms with Crippen LogP contribution in [0.15, 0.2) is 47.2 Å². The monoisotopic (exact) mass is 375 g/mol. The first-order valence-electron chi connectivity index (χ1n) is 7.90. The molecule has 0 unspecified atom stereocenters. The van der Waals surface area contributed by atoms with Gasteiger partial charge in [0.25, 0.3) is 0 Å². The zero-order valence-electron chi connectivity index (χ0n) is 13.7. The van der Waals surface area contributed by atoms with Crippen LogP contribution in [0.3, 0.4) is 0 Å². The van der Waals surface area contributed by atoms with E-state index in [2.05, 4.69) is 21.3 Å². The van der Waals surface area contributed by atoms with Crippen LogP contribution >= 0.6 is 22.7 Å². The van der Waals surface area contributed by atoms with Crippen molar-refractivity contribution < 1.29 is 9.18 Å². The van der Waals surface area contributed by atoms with Crippen molar-refractivity contribution in [1.82, 2.24) is 9.88 Å². The molecule has 130 valence electrons. The Morgan fingerprint density at radius 1 is 1.24 bits per heavy atom. The predicted octanol–water partition coefficient (Wildman–Crippen LogP) is 4.47. The lowest BCUT2D eigenvalue weighted by Crippen LogP contribution is -2.32. The Bertz CT molecular complexity index is 815. The number of rotatable bonds is 7. The molecule has 0 radical (unpaired) electrons. The van der Waals surface area contributed by atoms with Crippen molar-refractivity contribution >= 4 is 33.7 Å². The standard InChI is InChI=1S/C18H18FN3OS2/c1-2-22(10-15-4-3-9-24-15)11-17(23)21-18-20-16(12-25-18)13-5-7-14(19)8-6-13/h3-9,12H,2,10-11H2,1H3,(H,20,21,23). The van der Waals surface area contributed by atoms with Gasteiger partial charge in [-0.3, -0.25) is 9.69 Å². The molecule has 2 aromatic heterocycles. The molecule has 0 fully saturated rings. The van der Waals surface area contributed by atoms with Crippen LogP contribution in [0.25, 0.3) is 11.3 Å². The highest BCUT2D eigenvalue weighted by atomic mass is 32.1. The van der Waals surface area contributed by atoms with Gasteiger partial charge < -0.3 is 5.32 Å². The number of carbonyl (C=O) groups is 1. The van der Waals surface area contributed by atoms with Gasteiger partial charge in [0.2, 0.25) is 5.91 Å². The first kappa shape index (κ1) is 17.7. The topological polar surface area (TPSA) is 45.2 Å². The Morgan fingerprint density at radius 3 is 2.72 bits per heavy atom. The van der Waals surface area contributed by atoms with Crippen LogP contribution in [-0.4, -0.2) is 28.9 Å². The third-order valence-electron chi connectivity index (χ3n) is 3.66. The molecule has 0 bridgehead atoms. The second-order valence-electron chi connectivity index (χ2n) is 5.48. The molecule has 0 saturated heterocycles. The molecule has 4 nitrogen and oxygen atoms in total. The van der Waals surface area contributed by atoms with E-state index in [1.54, 1.807) is 23.5 Å². The molecule has 25 heavy (non-hydrogen) atoms. The number of nitrogens with one attached hydrogen (secondary N) is 1. The number of likely N-dealkylation sites (N-methyl/N-ethyl adjacent to an activating group) is 1. The number of benzene rings is 1. The zero-order chi connectivity index (χ0) is 17.6. The minimum Gasteiger partial charge on any atom is -0.301 e. The van der Waals surface area contributed by atoms with Gasteiger partial charge in [0.15, 0.2) is 5.13 Å². The molecule has 3 rings (SSSR count). The number of carbonyl (C=O) groups excluding carboxylic acids is 1. The van der Waals surface area contributed by atoms with E-state index < -0.39 is 0 Å². The number of halogens is 1. The molecule has 2 heterocycles. The lowest BCUT2D eigenvalue weighted by atomic mass is 10.2. The minimum absolute atomic E-state index is 0.0848. The number of hydrogen-bond donors (Lipinski definition) is 1. The summed E-state index contributed by atoms with van der Waals surface area (Å²) in [5, 5.41) is 7.29. The predicted molar refractivity (Wildman–Crippen MR) is 101 cm³/mol. The van der Waals surface area contributed by atoms with Crippen LogP contribution in [0.4, 0.5) is 9.52 Å². The number of thiophene rings is 1. The highest BCUT2D eigenvalue weighted by molar-refractivity contribution is 7.14. The third-order valence-corrected chi connectivity index (χ3v) is 5.28. The van der Waals surface area contributed by atoms with Gasteiger partial charge in [0.1, 0.15) is 5.82 Å². The van der Waals surface area contributed by atoms with Crippen LogP contribution in [0.1, 0.15) is 11.8 Å². The maximum absolute atomic E-state index is 13.0. The molecule has 1 amide bonds. The fourth-order valence-corrected chi connectivity index (χ4v) is 3.83. The van der Waals surface area contributed by atoms with E-state index >= 15 is 0 Å². The van der Waals surface area contributed by atoms with Gasteiger partial charge in [-0.05, 0) is 42.3 Å². The van der Waals surface area contributed by atoms with Crippen LogP contribution in [0.5, 0.6) is 0 Å². The van der Waals surface area contributed by atoms with Gasteiger partial charge in [-0.15, -0.1) is 22.7 Å². The average Bonchev–Trinajstić information content (AvgIpc) is 3.27. The maximum atomic E-state index is 13.0.